The van der Waals surface area contributed by atoms with Crippen LogP contribution in [0.3, 0.4) is 0 Å². The Hall–Kier alpha value is -0.0800. The van der Waals surface area contributed by atoms with E-state index in [2.05, 4.69) is 0 Å². The number of carbonyl (C=O) groups excluding carboxylic acids is 2. The van der Waals surface area contributed by atoms with Gasteiger partial charge in [0, 0.05) is 51.6 Å². The highest BCUT2D eigenvalue weighted by molar-refractivity contribution is 8.13. The first-order valence-electron chi connectivity index (χ1n) is 16.0. The quantitative estimate of drug-likeness (QED) is 0.0821. The third-order valence-electron chi connectivity index (χ3n) is 8.28. The molecule has 1 rings (SSSR count). The minimum atomic E-state index is -0.854. The van der Waals surface area contributed by atoms with Gasteiger partial charge in [0.25, 0.3) is 5.97 Å². The number of thioether (sulfide) groups is 2. The van der Waals surface area contributed by atoms with Crippen molar-refractivity contribution >= 4 is 33.8 Å². The topological polar surface area (TPSA) is 61.8 Å². The first kappa shape index (κ1) is 36.9. The molecule has 0 aromatic heterocycles. The molecule has 0 aliphatic heterocycles. The van der Waals surface area contributed by atoms with Crippen LogP contribution in [0.5, 0.6) is 0 Å². The van der Waals surface area contributed by atoms with Crippen LogP contribution in [0, 0.1) is 11.3 Å². The van der Waals surface area contributed by atoms with Crippen LogP contribution in [0.4, 0.5) is 0 Å². The number of hydrogen-bond donors (Lipinski definition) is 0. The number of hydrogen-bond acceptors (Lipinski definition) is 7. The van der Waals surface area contributed by atoms with Crippen molar-refractivity contribution < 1.29 is 23.8 Å². The molecule has 1 saturated carbocycles. The molecule has 0 aromatic rings. The molecule has 0 heterocycles. The predicted molar refractivity (Wildman–Crippen MR) is 168 cm³/mol. The lowest BCUT2D eigenvalue weighted by Crippen LogP contribution is -2.39. The maximum Gasteiger partial charge on any atom is 0.282 e. The SMILES string of the molecule is CCOC(CCCCCCCCCCCC1CCCCC1(CCSC(C)=O)CCSC(C)=O)(OCC)OCC. The van der Waals surface area contributed by atoms with Gasteiger partial charge in [-0.05, 0) is 70.6 Å². The van der Waals surface area contributed by atoms with Crippen molar-refractivity contribution in [3.05, 3.63) is 0 Å². The zero-order chi connectivity index (χ0) is 28.8. The van der Waals surface area contributed by atoms with Gasteiger partial charge in [0.15, 0.2) is 10.2 Å². The zero-order valence-corrected chi connectivity index (χ0v) is 27.6. The van der Waals surface area contributed by atoms with Gasteiger partial charge in [0.1, 0.15) is 0 Å². The van der Waals surface area contributed by atoms with Crippen molar-refractivity contribution in [1.29, 1.82) is 0 Å². The maximum atomic E-state index is 11.6. The number of unbranched alkanes of at least 4 members (excludes halogenated alkanes) is 8. The lowest BCUT2D eigenvalue weighted by Gasteiger charge is -2.45. The second-order valence-corrected chi connectivity index (χ2v) is 13.7. The van der Waals surface area contributed by atoms with Gasteiger partial charge in [0.05, 0.1) is 0 Å². The summed E-state index contributed by atoms with van der Waals surface area (Å²) in [6.07, 6.45) is 21.1. The summed E-state index contributed by atoms with van der Waals surface area (Å²) >= 11 is 2.97. The fraction of sp³-hybridized carbons (Fsp3) is 0.938. The normalized spacial score (nSPS) is 17.4. The van der Waals surface area contributed by atoms with E-state index in [1.54, 1.807) is 13.8 Å². The molecule has 0 aromatic carbocycles. The smallest absolute Gasteiger partial charge is 0.282 e. The number of carbonyl (C=O) groups is 2. The van der Waals surface area contributed by atoms with Crippen LogP contribution in [-0.4, -0.2) is 47.5 Å². The second-order valence-electron chi connectivity index (χ2n) is 11.2. The van der Waals surface area contributed by atoms with Gasteiger partial charge in [-0.15, -0.1) is 0 Å². The monoisotopic (exact) mass is 588 g/mol. The Morgan fingerprint density at radius 2 is 1.18 bits per heavy atom. The lowest BCUT2D eigenvalue weighted by atomic mass is 9.62. The summed E-state index contributed by atoms with van der Waals surface area (Å²) in [5.74, 6) is 1.76. The summed E-state index contributed by atoms with van der Waals surface area (Å²) in [5, 5.41) is 0.454. The predicted octanol–water partition coefficient (Wildman–Crippen LogP) is 9.56. The summed E-state index contributed by atoms with van der Waals surface area (Å²) in [4.78, 5) is 23.1. The Morgan fingerprint density at radius 3 is 1.64 bits per heavy atom. The molecule has 0 bridgehead atoms. The van der Waals surface area contributed by atoms with Gasteiger partial charge >= 0.3 is 0 Å². The zero-order valence-electron chi connectivity index (χ0n) is 26.0. The molecular formula is C32H60O5S2. The van der Waals surface area contributed by atoms with Crippen molar-refractivity contribution in [1.82, 2.24) is 0 Å². The average Bonchev–Trinajstić information content (AvgIpc) is 2.88. The van der Waals surface area contributed by atoms with Crippen molar-refractivity contribution in [3.63, 3.8) is 0 Å². The molecule has 39 heavy (non-hydrogen) atoms. The van der Waals surface area contributed by atoms with E-state index >= 15 is 0 Å². The Morgan fingerprint density at radius 1 is 0.718 bits per heavy atom. The summed E-state index contributed by atoms with van der Waals surface area (Å²) in [5.41, 5.74) is 0.327. The molecule has 1 aliphatic carbocycles. The highest BCUT2D eigenvalue weighted by Crippen LogP contribution is 2.50. The Kier molecular flexibility index (Phi) is 21.3. The third-order valence-corrected chi connectivity index (χ3v) is 9.91. The van der Waals surface area contributed by atoms with Crippen LogP contribution >= 0.6 is 23.5 Å². The summed E-state index contributed by atoms with van der Waals surface area (Å²) in [6, 6.07) is 0. The molecule has 1 unspecified atom stereocenters. The van der Waals surface area contributed by atoms with Crippen molar-refractivity contribution in [2.45, 2.75) is 150 Å². The molecule has 0 amide bonds. The van der Waals surface area contributed by atoms with Gasteiger partial charge in [-0.3, -0.25) is 9.59 Å². The van der Waals surface area contributed by atoms with E-state index in [0.717, 1.165) is 43.1 Å². The van der Waals surface area contributed by atoms with E-state index in [-0.39, 0.29) is 10.2 Å². The molecule has 1 atom stereocenters. The highest BCUT2D eigenvalue weighted by atomic mass is 32.2. The molecule has 1 aliphatic rings. The summed E-state index contributed by atoms with van der Waals surface area (Å²) < 4.78 is 17.5. The molecule has 0 radical (unpaired) electrons. The molecule has 5 nitrogen and oxygen atoms in total. The molecule has 7 heteroatoms. The third kappa shape index (κ3) is 16.2. The largest absolute Gasteiger partial charge is 0.328 e. The molecule has 230 valence electrons. The van der Waals surface area contributed by atoms with E-state index in [0.29, 0.717) is 25.2 Å². The van der Waals surface area contributed by atoms with E-state index in [4.69, 9.17) is 14.2 Å². The fourth-order valence-corrected chi connectivity index (χ4v) is 7.97. The number of rotatable bonds is 24. The van der Waals surface area contributed by atoms with Crippen molar-refractivity contribution in [3.8, 4) is 0 Å². The van der Waals surface area contributed by atoms with Gasteiger partial charge in [-0.25, -0.2) is 0 Å². The van der Waals surface area contributed by atoms with Crippen LogP contribution in [0.1, 0.15) is 144 Å². The minimum absolute atomic E-state index is 0.227. The van der Waals surface area contributed by atoms with E-state index in [9.17, 15) is 9.59 Å². The van der Waals surface area contributed by atoms with Crippen LogP contribution in [0.25, 0.3) is 0 Å². The molecule has 1 fully saturated rings. The van der Waals surface area contributed by atoms with E-state index < -0.39 is 5.97 Å². The van der Waals surface area contributed by atoms with Crippen LogP contribution in [0.15, 0.2) is 0 Å². The standard InChI is InChI=1S/C32H60O5S2/c1-6-35-32(36-7-2,37-8-3)23-18-15-13-11-9-10-12-14-16-20-30-21-17-19-22-31(30,24-26-38-28(4)33)25-27-39-29(5)34/h30H,6-27H2,1-5H3. The molecule has 0 saturated heterocycles. The first-order valence-corrected chi connectivity index (χ1v) is 18.0. The van der Waals surface area contributed by atoms with Gasteiger partial charge < -0.3 is 14.2 Å². The Labute approximate surface area is 249 Å². The van der Waals surface area contributed by atoms with Crippen LogP contribution in [0.2, 0.25) is 0 Å². The van der Waals surface area contributed by atoms with Gasteiger partial charge in [-0.1, -0.05) is 87.7 Å². The van der Waals surface area contributed by atoms with Gasteiger partial charge in [-0.2, -0.15) is 0 Å². The fourth-order valence-electron chi connectivity index (χ4n) is 6.38. The Bertz CT molecular complexity index is 605. The molecular weight excluding hydrogens is 528 g/mol. The maximum absolute atomic E-state index is 11.6. The van der Waals surface area contributed by atoms with E-state index in [1.807, 2.05) is 20.8 Å². The van der Waals surface area contributed by atoms with Crippen LogP contribution < -0.4 is 0 Å². The van der Waals surface area contributed by atoms with Crippen LogP contribution in [-0.2, 0) is 23.8 Å². The second kappa shape index (κ2) is 22.5. The lowest BCUT2D eigenvalue weighted by molar-refractivity contribution is -0.380. The summed E-state index contributed by atoms with van der Waals surface area (Å²) in [6.45, 7) is 11.1. The summed E-state index contributed by atoms with van der Waals surface area (Å²) in [7, 11) is 0. The minimum Gasteiger partial charge on any atom is -0.328 e. The average molecular weight is 589 g/mol. The van der Waals surface area contributed by atoms with Gasteiger partial charge in [0.2, 0.25) is 0 Å². The molecule has 0 spiro atoms. The van der Waals surface area contributed by atoms with Crippen molar-refractivity contribution in [2.75, 3.05) is 31.3 Å². The highest BCUT2D eigenvalue weighted by Gasteiger charge is 2.39. The first-order chi connectivity index (χ1) is 18.8. The number of ether oxygens (including phenoxy) is 3. The van der Waals surface area contributed by atoms with E-state index in [1.165, 1.54) is 107 Å². The van der Waals surface area contributed by atoms with Crippen molar-refractivity contribution in [2.24, 2.45) is 11.3 Å². The Balaban J connectivity index is 2.31. The molecule has 0 N–H and O–H groups in total.